The number of likely N-dealkylation sites (tertiary alicyclic amines) is 1. The van der Waals surface area contributed by atoms with E-state index in [1.54, 1.807) is 24.3 Å². The van der Waals surface area contributed by atoms with Gasteiger partial charge in [0.05, 0.1) is 11.8 Å². The number of nitrogens with zero attached hydrogens (tertiary/aromatic N) is 1. The molecule has 156 valence electrons. The molecule has 4 aliphatic carbocycles. The molecule has 5 aliphatic rings. The predicted octanol–water partition coefficient (Wildman–Crippen LogP) is 3.47. The Labute approximate surface area is 179 Å². The highest BCUT2D eigenvalue weighted by Gasteiger charge is 2.67. The fourth-order valence-electron chi connectivity index (χ4n) is 5.75. The summed E-state index contributed by atoms with van der Waals surface area (Å²) in [5.74, 6) is 1.56. The Balaban J connectivity index is 1.10. The summed E-state index contributed by atoms with van der Waals surface area (Å²) in [5.41, 5.74) is 0.588. The number of allylic oxidation sites excluding steroid dienone is 2. The van der Waals surface area contributed by atoms with E-state index >= 15 is 0 Å². The lowest BCUT2D eigenvalue weighted by Gasteiger charge is -2.37. The number of carbonyl (C=O) groups excluding carboxylic acids is 3. The monoisotopic (exact) mass is 414 g/mol. The van der Waals surface area contributed by atoms with Gasteiger partial charge >= 0.3 is 0 Å². The lowest BCUT2D eigenvalue weighted by molar-refractivity contribution is -0.142. The number of nitrogens with one attached hydrogen (secondary N) is 1. The maximum Gasteiger partial charge on any atom is 0.244 e. The molecule has 0 spiro atoms. The van der Waals surface area contributed by atoms with Crippen LogP contribution in [0.1, 0.15) is 6.42 Å². The molecule has 0 aromatic heterocycles. The summed E-state index contributed by atoms with van der Waals surface area (Å²) in [6.45, 7) is -0.234. The van der Waals surface area contributed by atoms with Gasteiger partial charge in [0.1, 0.15) is 18.0 Å². The standard InChI is InChI=1S/C25H22N2O4/c28-21(26-14-6-8-16(9-7-14)31-15-4-2-1-3-5-15)13-27-24(29)22-17-10-11-18(20-12-19(17)20)23(22)25(27)30/h1-11,17-20,22-23H,12-13H2,(H,26,28)/t17-,18-,19-,20-,22+,23+/m0/s1. The summed E-state index contributed by atoms with van der Waals surface area (Å²) in [7, 11) is 0. The molecule has 31 heavy (non-hydrogen) atoms. The van der Waals surface area contributed by atoms with E-state index in [-0.39, 0.29) is 47.9 Å². The summed E-state index contributed by atoms with van der Waals surface area (Å²) < 4.78 is 5.75. The highest BCUT2D eigenvalue weighted by atomic mass is 16.5. The number of hydrogen-bond acceptors (Lipinski definition) is 4. The molecule has 0 unspecified atom stereocenters. The van der Waals surface area contributed by atoms with Gasteiger partial charge in [-0.1, -0.05) is 30.4 Å². The highest BCUT2D eigenvalue weighted by Crippen LogP contribution is 2.65. The van der Waals surface area contributed by atoms with Crippen LogP contribution in [0.4, 0.5) is 5.69 Å². The molecule has 1 heterocycles. The lowest BCUT2D eigenvalue weighted by Crippen LogP contribution is -2.40. The van der Waals surface area contributed by atoms with Gasteiger partial charge in [-0.2, -0.15) is 0 Å². The molecule has 6 atom stereocenters. The minimum absolute atomic E-state index is 0.168. The molecular formula is C25H22N2O4. The fraction of sp³-hybridized carbons (Fsp3) is 0.320. The number of anilines is 1. The van der Waals surface area contributed by atoms with Crippen molar-refractivity contribution in [2.75, 3.05) is 11.9 Å². The van der Waals surface area contributed by atoms with E-state index < -0.39 is 0 Å². The van der Waals surface area contributed by atoms with Gasteiger partial charge in [0.25, 0.3) is 0 Å². The third-order valence-electron chi connectivity index (χ3n) is 7.17. The molecule has 0 radical (unpaired) electrons. The minimum atomic E-state index is -0.373. The Morgan fingerprint density at radius 1 is 0.871 bits per heavy atom. The summed E-state index contributed by atoms with van der Waals surface area (Å²) in [6.07, 6.45) is 5.39. The Hall–Kier alpha value is -3.41. The lowest BCUT2D eigenvalue weighted by atomic mass is 9.63. The average Bonchev–Trinajstić information content (AvgIpc) is 3.57. The van der Waals surface area contributed by atoms with Gasteiger partial charge in [0.15, 0.2) is 0 Å². The van der Waals surface area contributed by atoms with Crippen molar-refractivity contribution >= 4 is 23.4 Å². The molecule has 1 aliphatic heterocycles. The maximum absolute atomic E-state index is 13.0. The van der Waals surface area contributed by atoms with Crippen LogP contribution < -0.4 is 10.1 Å². The largest absolute Gasteiger partial charge is 0.457 e. The number of benzene rings is 2. The van der Waals surface area contributed by atoms with Crippen LogP contribution in [0.15, 0.2) is 66.7 Å². The van der Waals surface area contributed by atoms with Crippen LogP contribution in [0.2, 0.25) is 0 Å². The Morgan fingerprint density at radius 2 is 1.45 bits per heavy atom. The Kier molecular flexibility index (Phi) is 4.03. The number of para-hydroxylation sites is 1. The first-order chi connectivity index (χ1) is 15.1. The van der Waals surface area contributed by atoms with Crippen LogP contribution in [-0.4, -0.2) is 29.2 Å². The van der Waals surface area contributed by atoms with E-state index in [1.807, 2.05) is 30.3 Å². The molecular weight excluding hydrogens is 392 g/mol. The third kappa shape index (κ3) is 2.97. The topological polar surface area (TPSA) is 75.7 Å². The highest BCUT2D eigenvalue weighted by molar-refractivity contribution is 6.09. The van der Waals surface area contributed by atoms with E-state index in [0.29, 0.717) is 23.3 Å². The number of imide groups is 1. The van der Waals surface area contributed by atoms with Crippen molar-refractivity contribution in [2.45, 2.75) is 6.42 Å². The van der Waals surface area contributed by atoms with Gasteiger partial charge in [-0.05, 0) is 66.5 Å². The molecule has 1 N–H and O–H groups in total. The van der Waals surface area contributed by atoms with Crippen LogP contribution in [0.3, 0.4) is 0 Å². The van der Waals surface area contributed by atoms with Crippen molar-refractivity contribution in [1.29, 1.82) is 0 Å². The van der Waals surface area contributed by atoms with Crippen LogP contribution in [0.5, 0.6) is 11.5 Å². The first kappa shape index (κ1) is 18.4. The van der Waals surface area contributed by atoms with Crippen molar-refractivity contribution in [2.24, 2.45) is 35.5 Å². The second-order valence-corrected chi connectivity index (χ2v) is 8.90. The molecule has 2 aromatic rings. The van der Waals surface area contributed by atoms with E-state index in [1.165, 1.54) is 4.90 Å². The minimum Gasteiger partial charge on any atom is -0.457 e. The van der Waals surface area contributed by atoms with Crippen LogP contribution in [0.25, 0.3) is 0 Å². The van der Waals surface area contributed by atoms with Gasteiger partial charge in [0.2, 0.25) is 17.7 Å². The second kappa shape index (κ2) is 6.80. The summed E-state index contributed by atoms with van der Waals surface area (Å²) in [4.78, 5) is 39.7. The molecule has 1 saturated heterocycles. The molecule has 6 nitrogen and oxygen atoms in total. The van der Waals surface area contributed by atoms with E-state index in [4.69, 9.17) is 4.74 Å². The van der Waals surface area contributed by atoms with Gasteiger partial charge in [-0.15, -0.1) is 0 Å². The summed E-state index contributed by atoms with van der Waals surface area (Å²) in [5, 5.41) is 2.78. The van der Waals surface area contributed by atoms with Crippen LogP contribution >= 0.6 is 0 Å². The number of hydrogen-bond donors (Lipinski definition) is 1. The molecule has 6 heteroatoms. The van der Waals surface area contributed by atoms with Crippen LogP contribution in [0, 0.1) is 35.5 Å². The average molecular weight is 414 g/mol. The maximum atomic E-state index is 13.0. The SMILES string of the molecule is O=C(CN1C(=O)[C@@H]2[C@H]3C=C[C@@H]([C@@H]4C[C@@H]34)[C@H]2C1=O)Nc1ccc(Oc2ccccc2)cc1. The van der Waals surface area contributed by atoms with E-state index in [2.05, 4.69) is 17.5 Å². The first-order valence-corrected chi connectivity index (χ1v) is 10.8. The number of rotatable bonds is 5. The molecule has 3 fully saturated rings. The van der Waals surface area contributed by atoms with Crippen molar-refractivity contribution in [3.05, 3.63) is 66.7 Å². The van der Waals surface area contributed by atoms with Gasteiger partial charge in [0, 0.05) is 5.69 Å². The van der Waals surface area contributed by atoms with E-state index in [9.17, 15) is 14.4 Å². The predicted molar refractivity (Wildman–Crippen MR) is 113 cm³/mol. The molecule has 2 aromatic carbocycles. The zero-order chi connectivity index (χ0) is 21.1. The van der Waals surface area contributed by atoms with Crippen LogP contribution in [-0.2, 0) is 14.4 Å². The molecule has 7 rings (SSSR count). The smallest absolute Gasteiger partial charge is 0.244 e. The fourth-order valence-corrected chi connectivity index (χ4v) is 5.75. The van der Waals surface area contributed by atoms with E-state index in [0.717, 1.165) is 12.2 Å². The van der Waals surface area contributed by atoms with Gasteiger partial charge < -0.3 is 10.1 Å². The number of amides is 3. The molecule has 3 amide bonds. The molecule has 2 saturated carbocycles. The Bertz CT molecular complexity index is 1060. The Morgan fingerprint density at radius 3 is 2.06 bits per heavy atom. The third-order valence-corrected chi connectivity index (χ3v) is 7.17. The molecule has 2 bridgehead atoms. The van der Waals surface area contributed by atoms with Gasteiger partial charge in [-0.3, -0.25) is 19.3 Å². The summed E-state index contributed by atoms with van der Waals surface area (Å²) in [6, 6.07) is 16.4. The van der Waals surface area contributed by atoms with Crippen molar-refractivity contribution < 1.29 is 19.1 Å². The van der Waals surface area contributed by atoms with Crippen molar-refractivity contribution in [3.63, 3.8) is 0 Å². The second-order valence-electron chi connectivity index (χ2n) is 8.90. The van der Waals surface area contributed by atoms with Crippen molar-refractivity contribution in [3.8, 4) is 11.5 Å². The quantitative estimate of drug-likeness (QED) is 0.601. The van der Waals surface area contributed by atoms with Gasteiger partial charge in [-0.25, -0.2) is 0 Å². The number of ether oxygens (including phenoxy) is 1. The zero-order valence-corrected chi connectivity index (χ0v) is 16.8. The van der Waals surface area contributed by atoms with Crippen molar-refractivity contribution in [1.82, 2.24) is 4.90 Å². The normalized spacial score (nSPS) is 31.9. The zero-order valence-electron chi connectivity index (χ0n) is 16.8. The number of carbonyl (C=O) groups is 3. The first-order valence-electron chi connectivity index (χ1n) is 10.8. The summed E-state index contributed by atoms with van der Waals surface area (Å²) >= 11 is 0.